The number of nitrogens with zero attached hydrogens (tertiary/aromatic N) is 2. The lowest BCUT2D eigenvalue weighted by Crippen LogP contribution is -2.09. The molecule has 0 N–H and O–H groups in total. The second-order valence-corrected chi connectivity index (χ2v) is 2.62. The van der Waals surface area contributed by atoms with Gasteiger partial charge < -0.3 is 0 Å². The van der Waals surface area contributed by atoms with Gasteiger partial charge in [0, 0.05) is 0 Å². The Balaban J connectivity index is 2.51. The van der Waals surface area contributed by atoms with Crippen molar-refractivity contribution in [2.24, 2.45) is 10.2 Å². The van der Waals surface area contributed by atoms with Crippen molar-refractivity contribution in [3.63, 3.8) is 0 Å². The Hall–Kier alpha value is -0.0900. The topological polar surface area (TPSA) is 41.8 Å². The summed E-state index contributed by atoms with van der Waals surface area (Å²) in [5, 5.41) is 6.53. The number of azo groups is 1. The Morgan fingerprint density at radius 3 is 2.88 bits per heavy atom. The minimum atomic E-state index is -0.225. The third-order valence-electron chi connectivity index (χ3n) is 0.800. The van der Waals surface area contributed by atoms with E-state index in [0.29, 0.717) is 6.54 Å². The molecule has 1 heterocycles. The Bertz CT molecular complexity index is 137. The molecule has 0 fully saturated rings. The van der Waals surface area contributed by atoms with Crippen molar-refractivity contribution in [3.05, 3.63) is 0 Å². The van der Waals surface area contributed by atoms with E-state index in [1.54, 1.807) is 0 Å². The van der Waals surface area contributed by atoms with Gasteiger partial charge in [0.2, 0.25) is 0 Å². The molecule has 0 aromatic carbocycles. The van der Waals surface area contributed by atoms with Crippen LogP contribution in [-0.2, 0) is 4.79 Å². The lowest BCUT2D eigenvalue weighted by Gasteiger charge is -1.92. The zero-order valence-electron chi connectivity index (χ0n) is 3.87. The Morgan fingerprint density at radius 1 is 1.88 bits per heavy atom. The second-order valence-electron chi connectivity index (χ2n) is 1.34. The molecule has 44 valence electrons. The van der Waals surface area contributed by atoms with Gasteiger partial charge in [-0.25, -0.2) is 0 Å². The molecule has 0 aromatic heterocycles. The maximum absolute atomic E-state index is 10.4. The quantitative estimate of drug-likeness (QED) is 0.564. The molecular formula is C3H3ClN2OS. The molecule has 0 saturated carbocycles. The number of carbonyl (C=O) groups excluding carboxylic acids is 1. The van der Waals surface area contributed by atoms with Gasteiger partial charge in [-0.15, -0.1) is 5.11 Å². The van der Waals surface area contributed by atoms with Crippen molar-refractivity contribution in [1.29, 1.82) is 0 Å². The molecule has 0 bridgehead atoms. The summed E-state index contributed by atoms with van der Waals surface area (Å²) in [6.45, 7) is 0.438. The average Bonchev–Trinajstić information content (AvgIpc) is 2.14. The molecule has 0 radical (unpaired) electrons. The predicted octanol–water partition coefficient (Wildman–Crippen LogP) is 1.23. The van der Waals surface area contributed by atoms with Crippen molar-refractivity contribution in [1.82, 2.24) is 0 Å². The van der Waals surface area contributed by atoms with E-state index in [2.05, 4.69) is 10.2 Å². The van der Waals surface area contributed by atoms with Crippen LogP contribution in [0.3, 0.4) is 0 Å². The van der Waals surface area contributed by atoms with Gasteiger partial charge in [-0.3, -0.25) is 4.79 Å². The summed E-state index contributed by atoms with van der Waals surface area (Å²) in [7, 11) is 6.25. The van der Waals surface area contributed by atoms with Crippen LogP contribution >= 0.6 is 21.7 Å². The Morgan fingerprint density at radius 2 is 2.62 bits per heavy atom. The smallest absolute Gasteiger partial charge is 0.269 e. The van der Waals surface area contributed by atoms with Crippen LogP contribution in [-0.4, -0.2) is 17.7 Å². The highest BCUT2D eigenvalue weighted by Gasteiger charge is 2.22. The molecular weight excluding hydrogens is 148 g/mol. The van der Waals surface area contributed by atoms with Crippen molar-refractivity contribution < 1.29 is 4.79 Å². The van der Waals surface area contributed by atoms with Crippen LogP contribution < -0.4 is 0 Å². The Labute approximate surface area is 55.0 Å². The molecule has 0 aromatic rings. The predicted molar refractivity (Wildman–Crippen MR) is 32.0 cm³/mol. The summed E-state index contributed by atoms with van der Waals surface area (Å²) >= 11 is 0. The van der Waals surface area contributed by atoms with Gasteiger partial charge in [-0.1, -0.05) is 0 Å². The molecule has 0 saturated heterocycles. The highest BCUT2D eigenvalue weighted by molar-refractivity contribution is 8.22. The van der Waals surface area contributed by atoms with E-state index in [1.165, 1.54) is 0 Å². The maximum atomic E-state index is 10.4. The zero-order valence-corrected chi connectivity index (χ0v) is 5.45. The van der Waals surface area contributed by atoms with Crippen LogP contribution in [0.15, 0.2) is 10.2 Å². The third-order valence-corrected chi connectivity index (χ3v) is 2.01. The van der Waals surface area contributed by atoms with Crippen molar-refractivity contribution in [2.75, 3.05) is 6.54 Å². The van der Waals surface area contributed by atoms with E-state index in [0.717, 1.165) is 11.0 Å². The summed E-state index contributed by atoms with van der Waals surface area (Å²) in [5.74, 6) is -0.218. The van der Waals surface area contributed by atoms with Crippen LogP contribution in [0.5, 0.6) is 0 Å². The van der Waals surface area contributed by atoms with Crippen LogP contribution in [0.1, 0.15) is 0 Å². The van der Waals surface area contributed by atoms with Gasteiger partial charge in [-0.2, -0.15) is 5.11 Å². The first kappa shape index (κ1) is 6.04. The summed E-state index contributed by atoms with van der Waals surface area (Å²) in [4.78, 5) is 10.4. The number of carbonyl (C=O) groups is 1. The number of amides is 1. The molecule has 1 rings (SSSR count). The van der Waals surface area contributed by atoms with Crippen molar-refractivity contribution >= 4 is 27.6 Å². The molecule has 1 aliphatic rings. The number of hydrogen-bond acceptors (Lipinski definition) is 3. The van der Waals surface area contributed by atoms with E-state index < -0.39 is 0 Å². The molecule has 1 aliphatic heterocycles. The van der Waals surface area contributed by atoms with E-state index in [1.807, 2.05) is 0 Å². The molecule has 1 unspecified atom stereocenters. The first-order valence-corrected chi connectivity index (χ1v) is 3.74. The second kappa shape index (κ2) is 2.46. The molecule has 0 aliphatic carbocycles. The highest BCUT2D eigenvalue weighted by Crippen LogP contribution is 2.20. The average molecular weight is 151 g/mol. The van der Waals surface area contributed by atoms with Gasteiger partial charge in [0.05, 0.1) is 6.54 Å². The van der Waals surface area contributed by atoms with Gasteiger partial charge in [0.25, 0.3) is 5.91 Å². The monoisotopic (exact) mass is 150 g/mol. The van der Waals surface area contributed by atoms with Gasteiger partial charge in [0.15, 0.2) is 0 Å². The van der Waals surface area contributed by atoms with Crippen LogP contribution in [0.25, 0.3) is 0 Å². The van der Waals surface area contributed by atoms with Crippen LogP contribution in [0.2, 0.25) is 0 Å². The Kier molecular flexibility index (Phi) is 1.85. The molecule has 0 spiro atoms. The molecule has 8 heavy (non-hydrogen) atoms. The number of rotatable bonds is 1. The minimum Gasteiger partial charge on any atom is -0.269 e. The van der Waals surface area contributed by atoms with E-state index in [4.69, 9.17) is 10.7 Å². The normalized spacial score (nSPS) is 27.1. The fraction of sp³-hybridized carbons (Fsp3) is 0.667. The lowest BCUT2D eigenvalue weighted by atomic mass is 10.4. The van der Waals surface area contributed by atoms with E-state index in [-0.39, 0.29) is 11.2 Å². The third kappa shape index (κ3) is 1.00. The standard InChI is InChI=1S/C3H3ClN2OS/c4-8-2-1-5-6-3(2)7/h2H,1H2. The molecule has 1 atom stereocenters. The summed E-state index contributed by atoms with van der Waals surface area (Å²) < 4.78 is 0. The molecule has 5 heteroatoms. The first-order valence-electron chi connectivity index (χ1n) is 2.03. The van der Waals surface area contributed by atoms with Gasteiger partial charge in [0.1, 0.15) is 5.25 Å². The van der Waals surface area contributed by atoms with Crippen LogP contribution in [0, 0.1) is 0 Å². The van der Waals surface area contributed by atoms with Crippen molar-refractivity contribution in [3.8, 4) is 0 Å². The zero-order chi connectivity index (χ0) is 5.98. The minimum absolute atomic E-state index is 0.218. The van der Waals surface area contributed by atoms with E-state index in [9.17, 15) is 4.79 Å². The maximum Gasteiger partial charge on any atom is 0.280 e. The number of hydrogen-bond donors (Lipinski definition) is 0. The first-order chi connectivity index (χ1) is 3.84. The molecule has 3 nitrogen and oxygen atoms in total. The van der Waals surface area contributed by atoms with Crippen LogP contribution in [0.4, 0.5) is 0 Å². The summed E-state index contributed by atoms with van der Waals surface area (Å²) in [6.07, 6.45) is 0. The van der Waals surface area contributed by atoms with Gasteiger partial charge >= 0.3 is 0 Å². The molecule has 1 amide bonds. The fourth-order valence-corrected chi connectivity index (χ4v) is 1.04. The van der Waals surface area contributed by atoms with Crippen molar-refractivity contribution in [2.45, 2.75) is 5.25 Å². The largest absolute Gasteiger partial charge is 0.280 e. The summed E-state index contributed by atoms with van der Waals surface area (Å²) in [5.41, 5.74) is 0. The number of halogens is 1. The fourth-order valence-electron chi connectivity index (χ4n) is 0.393. The SMILES string of the molecule is O=C1N=NCC1SCl. The highest BCUT2D eigenvalue weighted by atomic mass is 35.7. The lowest BCUT2D eigenvalue weighted by molar-refractivity contribution is -0.116. The van der Waals surface area contributed by atoms with Gasteiger partial charge in [-0.05, 0) is 21.7 Å². The summed E-state index contributed by atoms with van der Waals surface area (Å²) in [6, 6.07) is 0. The van der Waals surface area contributed by atoms with E-state index >= 15 is 0 Å².